The zero-order valence-corrected chi connectivity index (χ0v) is 12.8. The van der Waals surface area contributed by atoms with Gasteiger partial charge >= 0.3 is 0 Å². The van der Waals surface area contributed by atoms with Crippen LogP contribution in [0.3, 0.4) is 0 Å². The average molecular weight is 263 g/mol. The van der Waals surface area contributed by atoms with E-state index in [1.807, 2.05) is 0 Å². The van der Waals surface area contributed by atoms with Crippen molar-refractivity contribution < 1.29 is 0 Å². The first-order valence-corrected chi connectivity index (χ1v) is 7.80. The Kier molecular flexibility index (Phi) is 2.91. The lowest BCUT2D eigenvalue weighted by Crippen LogP contribution is -2.52. The van der Waals surface area contributed by atoms with Crippen LogP contribution in [0.15, 0.2) is 12.7 Å². The van der Waals surface area contributed by atoms with E-state index in [2.05, 4.69) is 50.8 Å². The van der Waals surface area contributed by atoms with E-state index in [0.717, 1.165) is 23.8 Å². The molecule has 0 radical (unpaired) electrons. The SMILES string of the molecule is C=CC1(NN)CC(C2CC2(CC)C(C)C)C2C1N2C. The highest BCUT2D eigenvalue weighted by molar-refractivity contribution is 5.31. The Morgan fingerprint density at radius 2 is 2.16 bits per heavy atom. The molecule has 2 aliphatic carbocycles. The largest absolute Gasteiger partial charge is 0.295 e. The van der Waals surface area contributed by atoms with E-state index in [0.29, 0.717) is 11.5 Å². The molecule has 19 heavy (non-hydrogen) atoms. The highest BCUT2D eigenvalue weighted by Gasteiger charge is 2.71. The molecule has 0 bridgehead atoms. The number of piperidine rings is 1. The molecule has 3 heteroatoms. The van der Waals surface area contributed by atoms with Crippen molar-refractivity contribution in [3.8, 4) is 0 Å². The summed E-state index contributed by atoms with van der Waals surface area (Å²) in [6, 6.07) is 1.30. The fraction of sp³-hybridized carbons (Fsp3) is 0.875. The van der Waals surface area contributed by atoms with Gasteiger partial charge in [0.2, 0.25) is 0 Å². The van der Waals surface area contributed by atoms with Crippen molar-refractivity contribution in [2.75, 3.05) is 7.05 Å². The molecule has 0 amide bonds. The molecule has 1 aliphatic heterocycles. The van der Waals surface area contributed by atoms with Crippen molar-refractivity contribution in [1.29, 1.82) is 0 Å². The van der Waals surface area contributed by atoms with Crippen LogP contribution in [0.4, 0.5) is 0 Å². The molecule has 7 atom stereocenters. The molecular weight excluding hydrogens is 234 g/mol. The van der Waals surface area contributed by atoms with Gasteiger partial charge in [0.1, 0.15) is 0 Å². The van der Waals surface area contributed by atoms with E-state index in [1.54, 1.807) is 0 Å². The maximum absolute atomic E-state index is 5.85. The van der Waals surface area contributed by atoms with Crippen LogP contribution in [-0.2, 0) is 0 Å². The predicted molar refractivity (Wildman–Crippen MR) is 79.4 cm³/mol. The zero-order valence-electron chi connectivity index (χ0n) is 12.8. The van der Waals surface area contributed by atoms with E-state index in [4.69, 9.17) is 5.84 Å². The molecular formula is C16H29N3. The van der Waals surface area contributed by atoms with Crippen LogP contribution in [-0.4, -0.2) is 29.6 Å². The first kappa shape index (κ1) is 13.6. The van der Waals surface area contributed by atoms with Crippen molar-refractivity contribution in [1.82, 2.24) is 10.3 Å². The predicted octanol–water partition coefficient (Wildman–Crippen LogP) is 2.15. The van der Waals surface area contributed by atoms with Crippen LogP contribution in [0, 0.1) is 23.2 Å². The first-order valence-electron chi connectivity index (χ1n) is 7.80. The van der Waals surface area contributed by atoms with Gasteiger partial charge in [-0.05, 0) is 49.5 Å². The lowest BCUT2D eigenvalue weighted by molar-refractivity contribution is 0.220. The molecule has 0 aromatic carbocycles. The molecule has 3 N–H and O–H groups in total. The van der Waals surface area contributed by atoms with Crippen LogP contribution < -0.4 is 11.3 Å². The molecule has 0 aromatic heterocycles. The van der Waals surface area contributed by atoms with Gasteiger partial charge < -0.3 is 0 Å². The van der Waals surface area contributed by atoms with Gasteiger partial charge in [-0.3, -0.25) is 10.7 Å². The summed E-state index contributed by atoms with van der Waals surface area (Å²) in [5, 5.41) is 0. The number of fused-ring (bicyclic) bond motifs is 1. The molecule has 0 spiro atoms. The molecule has 2 saturated carbocycles. The minimum absolute atomic E-state index is 0.0524. The van der Waals surface area contributed by atoms with E-state index < -0.39 is 0 Å². The number of nitrogens with zero attached hydrogens (tertiary/aromatic N) is 1. The Labute approximate surface area is 117 Å². The van der Waals surface area contributed by atoms with Gasteiger partial charge in [0, 0.05) is 12.1 Å². The summed E-state index contributed by atoms with van der Waals surface area (Å²) in [6.45, 7) is 11.2. The number of nitrogens with two attached hydrogens (primary N) is 1. The summed E-state index contributed by atoms with van der Waals surface area (Å²) in [5.41, 5.74) is 3.63. The van der Waals surface area contributed by atoms with E-state index in [-0.39, 0.29) is 5.54 Å². The second kappa shape index (κ2) is 4.06. The lowest BCUT2D eigenvalue weighted by atomic mass is 9.81. The van der Waals surface area contributed by atoms with E-state index in [1.165, 1.54) is 19.3 Å². The number of hydrogen-bond acceptors (Lipinski definition) is 3. The quantitative estimate of drug-likeness (QED) is 0.346. The Balaban J connectivity index is 1.81. The maximum Gasteiger partial charge on any atom is 0.0671 e. The number of likely N-dealkylation sites (N-methyl/N-ethyl adjacent to an activating group) is 1. The zero-order chi connectivity index (χ0) is 14.0. The Morgan fingerprint density at radius 1 is 1.47 bits per heavy atom. The lowest BCUT2D eigenvalue weighted by Gasteiger charge is -2.31. The third kappa shape index (κ3) is 1.55. The first-order chi connectivity index (χ1) is 8.97. The molecule has 1 saturated heterocycles. The Hall–Kier alpha value is -0.380. The molecule has 3 fully saturated rings. The third-order valence-corrected chi connectivity index (χ3v) is 6.82. The second-order valence-electron chi connectivity index (χ2n) is 7.41. The van der Waals surface area contributed by atoms with Gasteiger partial charge in [0.15, 0.2) is 0 Å². The molecule has 1 heterocycles. The van der Waals surface area contributed by atoms with Crippen LogP contribution in [0.5, 0.6) is 0 Å². The summed E-state index contributed by atoms with van der Waals surface area (Å²) in [4.78, 5) is 2.49. The number of nitrogens with one attached hydrogen (secondary N) is 1. The van der Waals surface area contributed by atoms with Crippen molar-refractivity contribution in [3.05, 3.63) is 12.7 Å². The minimum atomic E-state index is -0.0524. The summed E-state index contributed by atoms with van der Waals surface area (Å²) >= 11 is 0. The molecule has 3 rings (SSSR count). The average Bonchev–Trinajstić information content (AvgIpc) is 3.26. The normalized spacial score (nSPS) is 55.2. The number of likely N-dealkylation sites (tertiary alicyclic amines) is 1. The number of rotatable bonds is 5. The van der Waals surface area contributed by atoms with Crippen molar-refractivity contribution in [3.63, 3.8) is 0 Å². The van der Waals surface area contributed by atoms with Crippen LogP contribution in [0.2, 0.25) is 0 Å². The smallest absolute Gasteiger partial charge is 0.0671 e. The van der Waals surface area contributed by atoms with Crippen LogP contribution >= 0.6 is 0 Å². The molecule has 108 valence electrons. The topological polar surface area (TPSA) is 41.1 Å². The van der Waals surface area contributed by atoms with Crippen molar-refractivity contribution in [2.24, 2.45) is 29.0 Å². The van der Waals surface area contributed by atoms with Crippen LogP contribution in [0.25, 0.3) is 0 Å². The highest BCUT2D eigenvalue weighted by atomic mass is 15.4. The van der Waals surface area contributed by atoms with Crippen molar-refractivity contribution >= 4 is 0 Å². The standard InChI is InChI=1S/C16H29N3/c1-6-15(10(3)4)9-12(15)11-8-16(7-2,18-17)14-13(11)19(14)5/h7,10-14,18H,2,6,8-9,17H2,1,3-5H3. The Morgan fingerprint density at radius 3 is 2.53 bits per heavy atom. The monoisotopic (exact) mass is 263 g/mol. The molecule has 3 aliphatic rings. The second-order valence-corrected chi connectivity index (χ2v) is 7.41. The summed E-state index contributed by atoms with van der Waals surface area (Å²) in [6.07, 6.45) is 5.97. The fourth-order valence-electron chi connectivity index (χ4n) is 5.39. The van der Waals surface area contributed by atoms with Crippen LogP contribution in [0.1, 0.15) is 40.0 Å². The summed E-state index contributed by atoms with van der Waals surface area (Å²) in [5.74, 6) is 8.35. The van der Waals surface area contributed by atoms with Gasteiger partial charge in [-0.2, -0.15) is 0 Å². The highest BCUT2D eigenvalue weighted by Crippen LogP contribution is 2.69. The summed E-state index contributed by atoms with van der Waals surface area (Å²) < 4.78 is 0. The molecule has 7 unspecified atom stereocenters. The van der Waals surface area contributed by atoms with E-state index in [9.17, 15) is 0 Å². The third-order valence-electron chi connectivity index (χ3n) is 6.82. The number of hydrogen-bond donors (Lipinski definition) is 2. The van der Waals surface area contributed by atoms with E-state index >= 15 is 0 Å². The van der Waals surface area contributed by atoms with Gasteiger partial charge in [0.25, 0.3) is 0 Å². The number of hydrazine groups is 1. The van der Waals surface area contributed by atoms with Gasteiger partial charge in [0.05, 0.1) is 5.54 Å². The maximum atomic E-state index is 5.85. The van der Waals surface area contributed by atoms with Gasteiger partial charge in [-0.25, -0.2) is 5.43 Å². The molecule has 0 aromatic rings. The Bertz CT molecular complexity index is 393. The van der Waals surface area contributed by atoms with Gasteiger partial charge in [-0.15, -0.1) is 6.58 Å². The van der Waals surface area contributed by atoms with Gasteiger partial charge in [-0.1, -0.05) is 26.8 Å². The summed E-state index contributed by atoms with van der Waals surface area (Å²) in [7, 11) is 2.24. The fourth-order valence-corrected chi connectivity index (χ4v) is 5.39. The van der Waals surface area contributed by atoms with Crippen molar-refractivity contribution in [2.45, 2.75) is 57.7 Å². The minimum Gasteiger partial charge on any atom is -0.295 e. The molecule has 3 nitrogen and oxygen atoms in total.